The molecular weight excluding hydrogens is 444 g/mol. The number of anilines is 1. The van der Waals surface area contributed by atoms with Gasteiger partial charge in [0.1, 0.15) is 13.2 Å². The van der Waals surface area contributed by atoms with E-state index < -0.39 is 0 Å². The summed E-state index contributed by atoms with van der Waals surface area (Å²) in [6, 6.07) is 22.1. The Labute approximate surface area is 205 Å². The fourth-order valence-corrected chi connectivity index (χ4v) is 4.29. The van der Waals surface area contributed by atoms with Crippen LogP contribution in [0.25, 0.3) is 10.2 Å². The van der Waals surface area contributed by atoms with Gasteiger partial charge in [-0.2, -0.15) is 0 Å². The zero-order chi connectivity index (χ0) is 24.3. The SMILES string of the molecule is CC.Cc1ccc2c(c1)NC(=O)CC2.Cc1nc2ccccc2s1.c1ccc2c(c1)OCCO2. The Bertz CT molecular complexity index is 1160. The second kappa shape index (κ2) is 12.8. The van der Waals surface area contributed by atoms with E-state index in [0.29, 0.717) is 19.6 Å². The first-order valence-corrected chi connectivity index (χ1v) is 12.5. The molecule has 1 aromatic heterocycles. The van der Waals surface area contributed by atoms with Gasteiger partial charge >= 0.3 is 0 Å². The summed E-state index contributed by atoms with van der Waals surface area (Å²) in [5.41, 5.74) is 4.55. The van der Waals surface area contributed by atoms with E-state index in [2.05, 4.69) is 28.5 Å². The standard InChI is InChI=1S/C10H11NO.C8H7NS.C8H8O2.C2H6/c1-7-2-3-8-4-5-10(12)11-9(8)6-7;1-6-9-7-4-2-3-5-8(7)10-6;1-2-4-8-7(3-1)9-5-6-10-8;1-2/h2-3,6H,4-5H2,1H3,(H,11,12);2-5H,1H3;1-4H,5-6H2;1-2H3. The van der Waals surface area contributed by atoms with Crippen molar-refractivity contribution >= 4 is 33.1 Å². The number of nitrogens with one attached hydrogen (secondary N) is 1. The number of fused-ring (bicyclic) bond motifs is 3. The van der Waals surface area contributed by atoms with E-state index in [1.54, 1.807) is 11.3 Å². The highest BCUT2D eigenvalue weighted by atomic mass is 32.1. The van der Waals surface area contributed by atoms with Gasteiger partial charge in [0.25, 0.3) is 0 Å². The van der Waals surface area contributed by atoms with Crippen molar-refractivity contribution in [3.63, 3.8) is 0 Å². The first-order valence-electron chi connectivity index (χ1n) is 11.6. The van der Waals surface area contributed by atoms with Gasteiger partial charge in [-0.25, -0.2) is 4.98 Å². The van der Waals surface area contributed by atoms with Crippen LogP contribution in [0.15, 0.2) is 66.7 Å². The van der Waals surface area contributed by atoms with Crippen LogP contribution in [0.3, 0.4) is 0 Å². The van der Waals surface area contributed by atoms with Crippen molar-refractivity contribution < 1.29 is 14.3 Å². The van der Waals surface area contributed by atoms with Crippen LogP contribution in [0.2, 0.25) is 0 Å². The van der Waals surface area contributed by atoms with Gasteiger partial charge < -0.3 is 14.8 Å². The van der Waals surface area contributed by atoms with Crippen molar-refractivity contribution in [1.82, 2.24) is 4.98 Å². The number of nitrogens with zero attached hydrogens (tertiary/aromatic N) is 1. The Morgan fingerprint density at radius 3 is 2.18 bits per heavy atom. The minimum absolute atomic E-state index is 0.133. The van der Waals surface area contributed by atoms with Crippen LogP contribution in [-0.4, -0.2) is 24.1 Å². The molecule has 0 saturated carbocycles. The lowest BCUT2D eigenvalue weighted by Crippen LogP contribution is -2.18. The number of thiazole rings is 1. The van der Waals surface area contributed by atoms with Crippen LogP contribution in [0.5, 0.6) is 11.5 Å². The van der Waals surface area contributed by atoms with Gasteiger partial charge in [-0.15, -0.1) is 11.3 Å². The molecule has 0 unspecified atom stereocenters. The fourth-order valence-electron chi connectivity index (χ4n) is 3.46. The van der Waals surface area contributed by atoms with Crippen LogP contribution in [0.1, 0.15) is 36.4 Å². The molecule has 0 fully saturated rings. The molecule has 3 aromatic carbocycles. The zero-order valence-electron chi connectivity index (χ0n) is 20.3. The second-order valence-corrected chi connectivity index (χ2v) is 8.79. The van der Waals surface area contributed by atoms with Gasteiger partial charge in [-0.1, -0.05) is 50.2 Å². The van der Waals surface area contributed by atoms with Crippen molar-refractivity contribution in [3.8, 4) is 11.5 Å². The van der Waals surface area contributed by atoms with Crippen molar-refractivity contribution in [2.24, 2.45) is 0 Å². The maximum atomic E-state index is 11.0. The zero-order valence-corrected chi connectivity index (χ0v) is 21.1. The van der Waals surface area contributed by atoms with Crippen LogP contribution < -0.4 is 14.8 Å². The summed E-state index contributed by atoms with van der Waals surface area (Å²) in [6.07, 6.45) is 1.50. The minimum atomic E-state index is 0.133. The molecular formula is C28H32N2O3S. The lowest BCUT2D eigenvalue weighted by molar-refractivity contribution is -0.116. The number of hydrogen-bond acceptors (Lipinski definition) is 5. The average molecular weight is 477 g/mol. The molecule has 2 aliphatic rings. The molecule has 1 N–H and O–H groups in total. The smallest absolute Gasteiger partial charge is 0.224 e. The summed E-state index contributed by atoms with van der Waals surface area (Å²) in [5.74, 6) is 1.84. The summed E-state index contributed by atoms with van der Waals surface area (Å²) in [5, 5.41) is 4.00. The third-order valence-electron chi connectivity index (χ3n) is 5.01. The highest BCUT2D eigenvalue weighted by Gasteiger charge is 2.13. The Morgan fingerprint density at radius 2 is 1.50 bits per heavy atom. The van der Waals surface area contributed by atoms with Crippen molar-refractivity contribution in [1.29, 1.82) is 0 Å². The maximum Gasteiger partial charge on any atom is 0.224 e. The number of rotatable bonds is 0. The van der Waals surface area contributed by atoms with Gasteiger partial charge in [0.05, 0.1) is 15.2 Å². The van der Waals surface area contributed by atoms with Crippen LogP contribution >= 0.6 is 11.3 Å². The number of benzene rings is 3. The molecule has 4 aromatic rings. The largest absolute Gasteiger partial charge is 0.486 e. The first-order chi connectivity index (χ1) is 16.6. The number of ether oxygens (including phenoxy) is 2. The quantitative estimate of drug-likeness (QED) is 0.298. The minimum Gasteiger partial charge on any atom is -0.486 e. The fraction of sp³-hybridized carbons (Fsp3) is 0.286. The lowest BCUT2D eigenvalue weighted by atomic mass is 10.0. The molecule has 3 heterocycles. The number of aryl methyl sites for hydroxylation is 3. The summed E-state index contributed by atoms with van der Waals surface area (Å²) in [6.45, 7) is 9.39. The molecule has 6 heteroatoms. The first kappa shape index (κ1) is 25.2. The Balaban J connectivity index is 0.000000138. The third-order valence-corrected chi connectivity index (χ3v) is 5.96. The molecule has 2 aliphatic heterocycles. The van der Waals surface area contributed by atoms with Gasteiger partial charge in [0, 0.05) is 12.1 Å². The van der Waals surface area contributed by atoms with E-state index in [1.165, 1.54) is 15.8 Å². The highest BCUT2D eigenvalue weighted by molar-refractivity contribution is 7.18. The number of amides is 1. The van der Waals surface area contributed by atoms with E-state index >= 15 is 0 Å². The van der Waals surface area contributed by atoms with Gasteiger partial charge in [-0.3, -0.25) is 4.79 Å². The Morgan fingerprint density at radius 1 is 0.853 bits per heavy atom. The number of hydrogen-bond donors (Lipinski definition) is 1. The number of carbonyl (C=O) groups is 1. The molecule has 178 valence electrons. The number of para-hydroxylation sites is 3. The molecule has 5 nitrogen and oxygen atoms in total. The van der Waals surface area contributed by atoms with Crippen LogP contribution in [0, 0.1) is 13.8 Å². The highest BCUT2D eigenvalue weighted by Crippen LogP contribution is 2.28. The predicted molar refractivity (Wildman–Crippen MR) is 141 cm³/mol. The summed E-state index contributed by atoms with van der Waals surface area (Å²) < 4.78 is 11.9. The van der Waals surface area contributed by atoms with E-state index in [1.807, 2.05) is 76.2 Å². The summed E-state index contributed by atoms with van der Waals surface area (Å²) >= 11 is 1.74. The van der Waals surface area contributed by atoms with Crippen LogP contribution in [-0.2, 0) is 11.2 Å². The molecule has 6 rings (SSSR count). The summed E-state index contributed by atoms with van der Waals surface area (Å²) in [4.78, 5) is 15.4. The predicted octanol–water partition coefficient (Wildman–Crippen LogP) is 6.97. The molecule has 1 amide bonds. The normalized spacial score (nSPS) is 13.0. The van der Waals surface area contributed by atoms with Crippen molar-refractivity contribution in [2.45, 2.75) is 40.5 Å². The van der Waals surface area contributed by atoms with E-state index in [-0.39, 0.29) is 5.91 Å². The molecule has 0 bridgehead atoms. The van der Waals surface area contributed by atoms with Gasteiger partial charge in [0.2, 0.25) is 5.91 Å². The third kappa shape index (κ3) is 7.06. The molecule has 34 heavy (non-hydrogen) atoms. The average Bonchev–Trinajstić information content (AvgIpc) is 3.26. The molecule has 0 radical (unpaired) electrons. The van der Waals surface area contributed by atoms with E-state index in [9.17, 15) is 4.79 Å². The maximum absolute atomic E-state index is 11.0. The molecule has 0 saturated heterocycles. The summed E-state index contributed by atoms with van der Waals surface area (Å²) in [7, 11) is 0. The van der Waals surface area contributed by atoms with Crippen molar-refractivity contribution in [3.05, 3.63) is 82.9 Å². The Kier molecular flexibility index (Phi) is 9.47. The van der Waals surface area contributed by atoms with Gasteiger partial charge in [-0.05, 0) is 61.7 Å². The monoisotopic (exact) mass is 476 g/mol. The van der Waals surface area contributed by atoms with E-state index in [4.69, 9.17) is 9.47 Å². The second-order valence-electron chi connectivity index (χ2n) is 7.55. The molecule has 0 spiro atoms. The topological polar surface area (TPSA) is 60.5 Å². The molecule has 0 aliphatic carbocycles. The number of aromatic nitrogens is 1. The lowest BCUT2D eigenvalue weighted by Gasteiger charge is -2.17. The van der Waals surface area contributed by atoms with Gasteiger partial charge in [0.15, 0.2) is 11.5 Å². The number of carbonyl (C=O) groups excluding carboxylic acids is 1. The van der Waals surface area contributed by atoms with E-state index in [0.717, 1.165) is 34.1 Å². The van der Waals surface area contributed by atoms with Crippen LogP contribution in [0.4, 0.5) is 5.69 Å². The van der Waals surface area contributed by atoms with Crippen molar-refractivity contribution in [2.75, 3.05) is 18.5 Å². The Hall–Kier alpha value is -3.38. The molecule has 0 atom stereocenters.